The maximum atomic E-state index is 11.8. The van der Waals surface area contributed by atoms with Crippen LogP contribution in [0.1, 0.15) is 19.8 Å². The van der Waals surface area contributed by atoms with Crippen LogP contribution in [0.25, 0.3) is 0 Å². The van der Waals surface area contributed by atoms with Crippen LogP contribution in [0.15, 0.2) is 0 Å². The molecule has 0 bridgehead atoms. The standard InChI is InChI=1S/C8H13O7P/c1-2-12-5-6-16(11)14-8(10)4-3-7(9)13-15-16/h2-6H2,1H3. The maximum Gasteiger partial charge on any atom is 0.420 e. The molecule has 1 saturated heterocycles. The lowest BCUT2D eigenvalue weighted by Gasteiger charge is -2.18. The highest BCUT2D eigenvalue weighted by molar-refractivity contribution is 7.54. The number of carbonyl (C=O) groups excluding carboxylic acids is 2. The van der Waals surface area contributed by atoms with E-state index in [1.165, 1.54) is 0 Å². The van der Waals surface area contributed by atoms with E-state index in [0.717, 1.165) is 0 Å². The van der Waals surface area contributed by atoms with Gasteiger partial charge in [0, 0.05) is 6.61 Å². The van der Waals surface area contributed by atoms with Gasteiger partial charge in [-0.3, -0.25) is 9.68 Å². The first-order chi connectivity index (χ1) is 7.56. The third kappa shape index (κ3) is 4.30. The van der Waals surface area contributed by atoms with Gasteiger partial charge in [-0.2, -0.15) is 0 Å². The van der Waals surface area contributed by atoms with Crippen LogP contribution in [-0.4, -0.2) is 31.3 Å². The molecular formula is C8H13O7P. The molecule has 1 atom stereocenters. The lowest BCUT2D eigenvalue weighted by Crippen LogP contribution is -2.17. The second-order valence-corrected chi connectivity index (χ2v) is 5.03. The molecule has 1 unspecified atom stereocenters. The summed E-state index contributed by atoms with van der Waals surface area (Å²) in [4.78, 5) is 26.2. The largest absolute Gasteiger partial charge is 0.420 e. The summed E-state index contributed by atoms with van der Waals surface area (Å²) in [6, 6.07) is 0. The number of hydrogen-bond donors (Lipinski definition) is 0. The SMILES string of the molecule is CCOCCP1(=O)OOC(=O)CCC(=O)O1. The molecule has 0 aliphatic carbocycles. The van der Waals surface area contributed by atoms with Crippen LogP contribution in [0.5, 0.6) is 0 Å². The predicted molar refractivity (Wildman–Crippen MR) is 51.5 cm³/mol. The molecule has 1 fully saturated rings. The molecule has 1 aliphatic rings. The van der Waals surface area contributed by atoms with E-state index >= 15 is 0 Å². The van der Waals surface area contributed by atoms with Gasteiger partial charge in [0.05, 0.1) is 25.6 Å². The highest BCUT2D eigenvalue weighted by Gasteiger charge is 2.34. The Labute approximate surface area is 92.5 Å². The normalized spacial score (nSPS) is 26.6. The van der Waals surface area contributed by atoms with E-state index in [9.17, 15) is 14.2 Å². The van der Waals surface area contributed by atoms with Gasteiger partial charge in [-0.15, -0.1) is 0 Å². The third-order valence-corrected chi connectivity index (χ3v) is 3.25. The first-order valence-electron chi connectivity index (χ1n) is 4.84. The zero-order valence-corrected chi connectivity index (χ0v) is 9.73. The highest BCUT2D eigenvalue weighted by Crippen LogP contribution is 2.49. The van der Waals surface area contributed by atoms with Crippen LogP contribution in [0, 0.1) is 0 Å². The van der Waals surface area contributed by atoms with Crippen LogP contribution in [0.3, 0.4) is 0 Å². The fourth-order valence-electron chi connectivity index (χ4n) is 0.964. The van der Waals surface area contributed by atoms with Crippen molar-refractivity contribution in [2.24, 2.45) is 0 Å². The lowest BCUT2D eigenvalue weighted by atomic mass is 10.3. The predicted octanol–water partition coefficient (Wildman–Crippen LogP) is 1.03. The molecule has 7 nitrogen and oxygen atoms in total. The number of carbonyl (C=O) groups is 2. The molecule has 0 amide bonds. The Morgan fingerprint density at radius 2 is 2.00 bits per heavy atom. The van der Waals surface area contributed by atoms with Crippen molar-refractivity contribution >= 4 is 19.5 Å². The smallest absolute Gasteiger partial charge is 0.390 e. The van der Waals surface area contributed by atoms with Crippen LogP contribution < -0.4 is 0 Å². The summed E-state index contributed by atoms with van der Waals surface area (Å²) in [5.74, 6) is -1.48. The Balaban J connectivity index is 2.56. The van der Waals surface area contributed by atoms with Crippen molar-refractivity contribution in [3.05, 3.63) is 0 Å². The molecule has 8 heteroatoms. The molecule has 1 aliphatic heterocycles. The molecular weight excluding hydrogens is 239 g/mol. The second-order valence-electron chi connectivity index (χ2n) is 3.02. The van der Waals surface area contributed by atoms with Gasteiger partial charge in [0.2, 0.25) is 0 Å². The Hall–Kier alpha value is -0.910. The minimum Gasteiger partial charge on any atom is -0.390 e. The van der Waals surface area contributed by atoms with Crippen LogP contribution in [-0.2, 0) is 33.0 Å². The Morgan fingerprint density at radius 3 is 2.69 bits per heavy atom. The summed E-state index contributed by atoms with van der Waals surface area (Å²) in [7, 11) is -3.73. The average Bonchev–Trinajstić information content (AvgIpc) is 2.23. The van der Waals surface area contributed by atoms with E-state index in [1.54, 1.807) is 6.92 Å². The van der Waals surface area contributed by atoms with Crippen molar-refractivity contribution in [1.82, 2.24) is 0 Å². The van der Waals surface area contributed by atoms with Crippen molar-refractivity contribution in [1.29, 1.82) is 0 Å². The quantitative estimate of drug-likeness (QED) is 0.419. The van der Waals surface area contributed by atoms with Gasteiger partial charge in [-0.05, 0) is 6.92 Å². The number of hydrogen-bond acceptors (Lipinski definition) is 7. The summed E-state index contributed by atoms with van der Waals surface area (Å²) in [5, 5.41) is 0. The van der Waals surface area contributed by atoms with Gasteiger partial charge < -0.3 is 9.26 Å². The van der Waals surface area contributed by atoms with Crippen molar-refractivity contribution in [3.63, 3.8) is 0 Å². The maximum absolute atomic E-state index is 11.8. The molecule has 0 aromatic carbocycles. The zero-order valence-electron chi connectivity index (χ0n) is 8.84. The van der Waals surface area contributed by atoms with Gasteiger partial charge in [-0.1, -0.05) is 4.67 Å². The molecule has 16 heavy (non-hydrogen) atoms. The van der Waals surface area contributed by atoms with Crippen molar-refractivity contribution in [2.75, 3.05) is 19.4 Å². The zero-order chi connectivity index (χ0) is 12.0. The van der Waals surface area contributed by atoms with Gasteiger partial charge in [0.1, 0.15) is 0 Å². The fraction of sp³-hybridized carbons (Fsp3) is 0.750. The van der Waals surface area contributed by atoms with Gasteiger partial charge >= 0.3 is 19.5 Å². The second kappa shape index (κ2) is 5.98. The van der Waals surface area contributed by atoms with Gasteiger partial charge in [0.15, 0.2) is 0 Å². The van der Waals surface area contributed by atoms with Gasteiger partial charge in [-0.25, -0.2) is 9.36 Å². The molecule has 1 rings (SSSR count). The molecule has 92 valence electrons. The molecule has 0 aromatic rings. The van der Waals surface area contributed by atoms with Crippen molar-refractivity contribution in [3.8, 4) is 0 Å². The summed E-state index contributed by atoms with van der Waals surface area (Å²) in [6.45, 7) is 2.30. The topological polar surface area (TPSA) is 88.1 Å². The highest BCUT2D eigenvalue weighted by atomic mass is 31.2. The van der Waals surface area contributed by atoms with Gasteiger partial charge in [0.25, 0.3) is 0 Å². The van der Waals surface area contributed by atoms with E-state index in [4.69, 9.17) is 4.74 Å². The monoisotopic (exact) mass is 252 g/mol. The summed E-state index contributed by atoms with van der Waals surface area (Å²) < 4.78 is 25.8. The minimum absolute atomic E-state index is 0.0958. The minimum atomic E-state index is -3.73. The van der Waals surface area contributed by atoms with E-state index in [0.29, 0.717) is 6.61 Å². The summed E-state index contributed by atoms with van der Waals surface area (Å²) >= 11 is 0. The third-order valence-electron chi connectivity index (χ3n) is 1.73. The van der Waals surface area contributed by atoms with Crippen LogP contribution in [0.2, 0.25) is 0 Å². The van der Waals surface area contributed by atoms with Crippen LogP contribution in [0.4, 0.5) is 0 Å². The summed E-state index contributed by atoms with van der Waals surface area (Å²) in [6.07, 6.45) is -0.453. The van der Waals surface area contributed by atoms with E-state index in [-0.39, 0.29) is 25.6 Å². The van der Waals surface area contributed by atoms with Crippen LogP contribution >= 0.6 is 7.60 Å². The molecule has 0 radical (unpaired) electrons. The number of rotatable bonds is 4. The van der Waals surface area contributed by atoms with Crippen molar-refractivity contribution < 1.29 is 33.0 Å². The Morgan fingerprint density at radius 1 is 1.31 bits per heavy atom. The average molecular weight is 252 g/mol. The molecule has 0 saturated carbocycles. The Kier molecular flexibility index (Phi) is 4.92. The van der Waals surface area contributed by atoms with E-state index < -0.39 is 19.5 Å². The molecule has 0 spiro atoms. The van der Waals surface area contributed by atoms with Crippen molar-refractivity contribution in [2.45, 2.75) is 19.8 Å². The fourth-order valence-corrected chi connectivity index (χ4v) is 2.11. The number of ether oxygens (including phenoxy) is 1. The molecule has 0 aromatic heterocycles. The Bertz CT molecular complexity index is 314. The first-order valence-corrected chi connectivity index (χ1v) is 6.57. The summed E-state index contributed by atoms with van der Waals surface area (Å²) in [5.41, 5.74) is 0. The molecule has 1 heterocycles. The lowest BCUT2D eigenvalue weighted by molar-refractivity contribution is -0.221. The molecule has 0 N–H and O–H groups in total. The van der Waals surface area contributed by atoms with E-state index in [1.807, 2.05) is 0 Å². The van der Waals surface area contributed by atoms with E-state index in [2.05, 4.69) is 14.1 Å². The first kappa shape index (κ1) is 13.2.